The van der Waals surface area contributed by atoms with Crippen LogP contribution in [0, 0.1) is 5.92 Å². The van der Waals surface area contributed by atoms with Crippen LogP contribution in [0.5, 0.6) is 23.0 Å². The fourth-order valence-electron chi connectivity index (χ4n) is 4.42. The molecule has 7 heteroatoms. The lowest BCUT2D eigenvalue weighted by molar-refractivity contribution is -0.00747. The number of methoxy groups -OCH3 is 2. The van der Waals surface area contributed by atoms with Crippen molar-refractivity contribution >= 4 is 11.7 Å². The average Bonchev–Trinajstić information content (AvgIpc) is 2.82. The molecule has 0 N–H and O–H groups in total. The van der Waals surface area contributed by atoms with E-state index in [1.54, 1.807) is 25.3 Å². The molecule has 0 bridgehead atoms. The van der Waals surface area contributed by atoms with Crippen LogP contribution in [0.1, 0.15) is 53.8 Å². The van der Waals surface area contributed by atoms with Crippen molar-refractivity contribution in [1.29, 1.82) is 0 Å². The third-order valence-corrected chi connectivity index (χ3v) is 6.23. The molecule has 0 atom stereocenters. The highest BCUT2D eigenvalue weighted by atomic mass is 16.5. The van der Waals surface area contributed by atoms with Gasteiger partial charge in [-0.1, -0.05) is 19.9 Å². The van der Waals surface area contributed by atoms with Gasteiger partial charge in [0.25, 0.3) is 5.91 Å². The van der Waals surface area contributed by atoms with E-state index in [1.807, 2.05) is 23.1 Å². The predicted molar refractivity (Wildman–Crippen MR) is 124 cm³/mol. The summed E-state index contributed by atoms with van der Waals surface area (Å²) in [4.78, 5) is 27.9. The molecule has 0 saturated carbocycles. The number of nitrogens with zero attached hydrogens (tertiary/aromatic N) is 1. The zero-order chi connectivity index (χ0) is 23.6. The SMILES string of the molecule is COc1ccc2c(c1OC)OC1(CCN(C(=O)c3cccc(OCC(C)C)c3)CC1)CC2=O. The van der Waals surface area contributed by atoms with Crippen molar-refractivity contribution in [1.82, 2.24) is 4.90 Å². The van der Waals surface area contributed by atoms with Crippen LogP contribution in [0.3, 0.4) is 0 Å². The standard InChI is InChI=1S/C26H31NO6/c1-17(2)16-32-19-7-5-6-18(14-19)25(29)27-12-10-26(11-13-27)15-21(28)20-8-9-22(30-3)24(31-4)23(20)33-26/h5-9,14,17H,10-13,15-16H2,1-4H3. The molecule has 2 aliphatic rings. The highest BCUT2D eigenvalue weighted by molar-refractivity contribution is 6.01. The Balaban J connectivity index is 1.47. The third kappa shape index (κ3) is 4.63. The number of amides is 1. The second-order valence-corrected chi connectivity index (χ2v) is 9.09. The van der Waals surface area contributed by atoms with Crippen molar-refractivity contribution in [2.75, 3.05) is 33.9 Å². The van der Waals surface area contributed by atoms with E-state index < -0.39 is 5.60 Å². The minimum absolute atomic E-state index is 0.0204. The molecule has 2 heterocycles. The first-order chi connectivity index (χ1) is 15.9. The molecule has 0 radical (unpaired) electrons. The van der Waals surface area contributed by atoms with Crippen molar-refractivity contribution in [3.63, 3.8) is 0 Å². The molecule has 0 unspecified atom stereocenters. The number of Topliss-reactive ketones (excluding diaryl/α,β-unsaturated/α-hetero) is 1. The van der Waals surface area contributed by atoms with Gasteiger partial charge in [0.05, 0.1) is 32.8 Å². The van der Waals surface area contributed by atoms with Gasteiger partial charge in [-0.15, -0.1) is 0 Å². The summed E-state index contributed by atoms with van der Waals surface area (Å²) in [7, 11) is 3.09. The van der Waals surface area contributed by atoms with E-state index in [-0.39, 0.29) is 18.1 Å². The number of ketones is 1. The van der Waals surface area contributed by atoms with Crippen LogP contribution >= 0.6 is 0 Å². The van der Waals surface area contributed by atoms with Gasteiger partial charge in [-0.2, -0.15) is 0 Å². The van der Waals surface area contributed by atoms with Crippen molar-refractivity contribution in [3.05, 3.63) is 47.5 Å². The number of benzene rings is 2. The summed E-state index contributed by atoms with van der Waals surface area (Å²) in [5, 5.41) is 0. The van der Waals surface area contributed by atoms with Gasteiger partial charge < -0.3 is 23.8 Å². The number of rotatable bonds is 6. The number of carbonyl (C=O) groups excluding carboxylic acids is 2. The van der Waals surface area contributed by atoms with Gasteiger partial charge in [0.1, 0.15) is 11.4 Å². The molecule has 2 aliphatic heterocycles. The molecule has 33 heavy (non-hydrogen) atoms. The fraction of sp³-hybridized carbons (Fsp3) is 0.462. The van der Waals surface area contributed by atoms with E-state index in [0.29, 0.717) is 72.6 Å². The summed E-state index contributed by atoms with van der Waals surface area (Å²) in [5.74, 6) is 2.47. The number of carbonyl (C=O) groups is 2. The lowest BCUT2D eigenvalue weighted by Gasteiger charge is -2.44. The molecule has 1 spiro atoms. The molecule has 0 aliphatic carbocycles. The van der Waals surface area contributed by atoms with Gasteiger partial charge in [-0.25, -0.2) is 0 Å². The Bertz CT molecular complexity index is 1040. The minimum Gasteiger partial charge on any atom is -0.493 e. The maximum absolute atomic E-state index is 13.1. The first-order valence-electron chi connectivity index (χ1n) is 11.3. The minimum atomic E-state index is -0.650. The Morgan fingerprint density at radius 1 is 1.12 bits per heavy atom. The molecule has 1 fully saturated rings. The summed E-state index contributed by atoms with van der Waals surface area (Å²) in [6.07, 6.45) is 1.41. The second kappa shape index (κ2) is 9.33. The number of hydrogen-bond donors (Lipinski definition) is 0. The van der Waals surface area contributed by atoms with Crippen LogP contribution in [-0.4, -0.2) is 56.1 Å². The van der Waals surface area contributed by atoms with E-state index in [2.05, 4.69) is 13.8 Å². The lowest BCUT2D eigenvalue weighted by Crippen LogP contribution is -2.52. The Kier molecular flexibility index (Phi) is 6.49. The molecular formula is C26H31NO6. The van der Waals surface area contributed by atoms with Crippen LogP contribution in [0.15, 0.2) is 36.4 Å². The molecular weight excluding hydrogens is 422 g/mol. The molecule has 7 nitrogen and oxygen atoms in total. The molecule has 2 aromatic carbocycles. The van der Waals surface area contributed by atoms with E-state index in [1.165, 1.54) is 7.11 Å². The van der Waals surface area contributed by atoms with Gasteiger partial charge in [-0.05, 0) is 36.2 Å². The first kappa shape index (κ1) is 23.0. The van der Waals surface area contributed by atoms with Crippen molar-refractivity contribution in [2.24, 2.45) is 5.92 Å². The van der Waals surface area contributed by atoms with Crippen molar-refractivity contribution in [3.8, 4) is 23.0 Å². The Morgan fingerprint density at radius 2 is 1.88 bits per heavy atom. The van der Waals surface area contributed by atoms with Gasteiger partial charge in [0.2, 0.25) is 5.75 Å². The number of ether oxygens (including phenoxy) is 4. The third-order valence-electron chi connectivity index (χ3n) is 6.23. The Morgan fingerprint density at radius 3 is 2.55 bits per heavy atom. The topological polar surface area (TPSA) is 74.3 Å². The summed E-state index contributed by atoms with van der Waals surface area (Å²) in [6, 6.07) is 10.8. The highest BCUT2D eigenvalue weighted by Crippen LogP contribution is 2.47. The van der Waals surface area contributed by atoms with Crippen LogP contribution in [0.2, 0.25) is 0 Å². The molecule has 1 amide bonds. The molecule has 176 valence electrons. The Labute approximate surface area is 194 Å². The van der Waals surface area contributed by atoms with Crippen LogP contribution in [0.4, 0.5) is 0 Å². The zero-order valence-corrected chi connectivity index (χ0v) is 19.7. The fourth-order valence-corrected chi connectivity index (χ4v) is 4.42. The molecule has 2 aromatic rings. The summed E-state index contributed by atoms with van der Waals surface area (Å²) < 4.78 is 23.1. The summed E-state index contributed by atoms with van der Waals surface area (Å²) in [5.41, 5.74) is 0.461. The molecule has 4 rings (SSSR count). The van der Waals surface area contributed by atoms with E-state index >= 15 is 0 Å². The van der Waals surface area contributed by atoms with E-state index in [0.717, 1.165) is 0 Å². The Hall–Kier alpha value is -3.22. The van der Waals surface area contributed by atoms with Gasteiger partial charge in [-0.3, -0.25) is 9.59 Å². The second-order valence-electron chi connectivity index (χ2n) is 9.09. The van der Waals surface area contributed by atoms with Crippen LogP contribution in [0.25, 0.3) is 0 Å². The monoisotopic (exact) mass is 453 g/mol. The molecule has 1 saturated heterocycles. The number of piperidine rings is 1. The first-order valence-corrected chi connectivity index (χ1v) is 11.3. The number of hydrogen-bond acceptors (Lipinski definition) is 6. The van der Waals surface area contributed by atoms with Crippen molar-refractivity contribution in [2.45, 2.75) is 38.7 Å². The largest absolute Gasteiger partial charge is 0.493 e. The van der Waals surface area contributed by atoms with Crippen molar-refractivity contribution < 1.29 is 28.5 Å². The van der Waals surface area contributed by atoms with Crippen LogP contribution in [-0.2, 0) is 0 Å². The average molecular weight is 454 g/mol. The zero-order valence-electron chi connectivity index (χ0n) is 19.7. The van der Waals surface area contributed by atoms with E-state index in [4.69, 9.17) is 18.9 Å². The summed E-state index contributed by atoms with van der Waals surface area (Å²) in [6.45, 7) is 5.78. The van der Waals surface area contributed by atoms with Gasteiger partial charge in [0, 0.05) is 31.5 Å². The van der Waals surface area contributed by atoms with Gasteiger partial charge in [0.15, 0.2) is 17.3 Å². The number of likely N-dealkylation sites (tertiary alicyclic amines) is 1. The quantitative estimate of drug-likeness (QED) is 0.646. The smallest absolute Gasteiger partial charge is 0.253 e. The molecule has 0 aromatic heterocycles. The normalized spacial score (nSPS) is 16.9. The lowest BCUT2D eigenvalue weighted by atomic mass is 9.82. The highest BCUT2D eigenvalue weighted by Gasteiger charge is 2.45. The summed E-state index contributed by atoms with van der Waals surface area (Å²) >= 11 is 0. The predicted octanol–water partition coefficient (Wildman–Crippen LogP) is 4.38. The van der Waals surface area contributed by atoms with E-state index in [9.17, 15) is 9.59 Å². The maximum Gasteiger partial charge on any atom is 0.253 e. The van der Waals surface area contributed by atoms with Crippen LogP contribution < -0.4 is 18.9 Å². The number of fused-ring (bicyclic) bond motifs is 1. The maximum atomic E-state index is 13.1. The van der Waals surface area contributed by atoms with Gasteiger partial charge >= 0.3 is 0 Å².